The fourth-order valence-corrected chi connectivity index (χ4v) is 3.61. The number of hydrogen-bond acceptors (Lipinski definition) is 2. The fourth-order valence-electron chi connectivity index (χ4n) is 3.61. The molecule has 1 heterocycles. The maximum Gasteiger partial charge on any atom is 0.249 e. The zero-order valence-electron chi connectivity index (χ0n) is 12.1. The van der Waals surface area contributed by atoms with Gasteiger partial charge in [0.25, 0.3) is 0 Å². The Balaban J connectivity index is 1.81. The summed E-state index contributed by atoms with van der Waals surface area (Å²) in [4.78, 5) is 26.9. The Kier molecular flexibility index (Phi) is 2.88. The third kappa shape index (κ3) is 1.96. The Hall–Kier alpha value is -1.06. The molecule has 4 atom stereocenters. The molecule has 3 aliphatic rings. The van der Waals surface area contributed by atoms with Crippen LogP contribution in [0.4, 0.5) is 0 Å². The Morgan fingerprint density at radius 2 is 2.05 bits per heavy atom. The van der Waals surface area contributed by atoms with Gasteiger partial charge in [-0.25, -0.2) is 0 Å². The van der Waals surface area contributed by atoms with Gasteiger partial charge < -0.3 is 10.2 Å². The predicted molar refractivity (Wildman–Crippen MR) is 72.4 cm³/mol. The molecule has 0 radical (unpaired) electrons. The maximum absolute atomic E-state index is 12.8. The molecule has 0 spiro atoms. The monoisotopic (exact) mass is 264 g/mol. The van der Waals surface area contributed by atoms with E-state index >= 15 is 0 Å². The standard InChI is InChI=1S/C15H24N2O2/c1-4-5-10-8-12(10)17-9(2)13(18)16-15(3,14(17)19)11-6-7-11/h9-12H,4-8H2,1-3H3,(H,16,18). The largest absolute Gasteiger partial charge is 0.340 e. The Labute approximate surface area is 114 Å². The van der Waals surface area contributed by atoms with Crippen molar-refractivity contribution in [1.82, 2.24) is 10.2 Å². The zero-order chi connectivity index (χ0) is 13.8. The topological polar surface area (TPSA) is 49.4 Å². The molecule has 1 N–H and O–H groups in total. The molecule has 1 aliphatic heterocycles. The van der Waals surface area contributed by atoms with Crippen molar-refractivity contribution in [3.8, 4) is 0 Å². The summed E-state index contributed by atoms with van der Waals surface area (Å²) in [7, 11) is 0. The Bertz CT molecular complexity index is 418. The lowest BCUT2D eigenvalue weighted by molar-refractivity contribution is -0.155. The first kappa shape index (κ1) is 12.9. The molecule has 4 heteroatoms. The summed E-state index contributed by atoms with van der Waals surface area (Å²) < 4.78 is 0. The predicted octanol–water partition coefficient (Wildman–Crippen LogP) is 1.69. The number of carbonyl (C=O) groups is 2. The highest BCUT2D eigenvalue weighted by molar-refractivity contribution is 6.00. The molecule has 0 aromatic carbocycles. The van der Waals surface area contributed by atoms with Gasteiger partial charge in [0.2, 0.25) is 11.8 Å². The molecule has 4 nitrogen and oxygen atoms in total. The second-order valence-electron chi connectivity index (χ2n) is 6.71. The molecule has 2 amide bonds. The quantitative estimate of drug-likeness (QED) is 0.840. The summed E-state index contributed by atoms with van der Waals surface area (Å²) in [6.45, 7) is 5.96. The molecule has 2 aliphatic carbocycles. The number of rotatable bonds is 4. The molecule has 0 aromatic heterocycles. The Morgan fingerprint density at radius 1 is 1.37 bits per heavy atom. The first-order chi connectivity index (χ1) is 8.99. The number of nitrogens with one attached hydrogen (secondary N) is 1. The van der Waals surface area contributed by atoms with Gasteiger partial charge in [-0.2, -0.15) is 0 Å². The summed E-state index contributed by atoms with van der Waals surface area (Å²) in [5.74, 6) is 1.15. The summed E-state index contributed by atoms with van der Waals surface area (Å²) in [6.07, 6.45) is 5.53. The van der Waals surface area contributed by atoms with Crippen molar-refractivity contribution in [2.75, 3.05) is 0 Å². The van der Waals surface area contributed by atoms with Gasteiger partial charge in [-0.15, -0.1) is 0 Å². The second kappa shape index (κ2) is 4.22. The van der Waals surface area contributed by atoms with E-state index in [2.05, 4.69) is 12.2 Å². The fraction of sp³-hybridized carbons (Fsp3) is 0.867. The molecule has 0 aromatic rings. The highest BCUT2D eigenvalue weighted by atomic mass is 16.2. The number of hydrogen-bond donors (Lipinski definition) is 1. The highest BCUT2D eigenvalue weighted by Crippen LogP contribution is 2.46. The van der Waals surface area contributed by atoms with E-state index in [1.54, 1.807) is 0 Å². The molecule has 106 valence electrons. The molecule has 0 bridgehead atoms. The van der Waals surface area contributed by atoms with Crippen molar-refractivity contribution in [1.29, 1.82) is 0 Å². The van der Waals surface area contributed by atoms with E-state index in [0.717, 1.165) is 25.7 Å². The van der Waals surface area contributed by atoms with Crippen molar-refractivity contribution in [3.63, 3.8) is 0 Å². The van der Waals surface area contributed by atoms with Gasteiger partial charge in [-0.1, -0.05) is 13.3 Å². The number of nitrogens with zero attached hydrogens (tertiary/aromatic N) is 1. The SMILES string of the molecule is CCCC1CC1N1C(=O)C(C)(C2CC2)NC(=O)C1C. The molecule has 3 rings (SSSR count). The minimum absolute atomic E-state index is 0.0242. The van der Waals surface area contributed by atoms with Crippen LogP contribution in [0.1, 0.15) is 52.9 Å². The van der Waals surface area contributed by atoms with Crippen LogP contribution in [0.3, 0.4) is 0 Å². The van der Waals surface area contributed by atoms with Gasteiger partial charge in [0.15, 0.2) is 0 Å². The van der Waals surface area contributed by atoms with Gasteiger partial charge in [0, 0.05) is 6.04 Å². The average Bonchev–Trinajstić information content (AvgIpc) is 3.21. The van der Waals surface area contributed by atoms with E-state index in [1.165, 1.54) is 6.42 Å². The second-order valence-corrected chi connectivity index (χ2v) is 6.71. The third-order valence-corrected chi connectivity index (χ3v) is 5.15. The van der Waals surface area contributed by atoms with E-state index in [4.69, 9.17) is 0 Å². The van der Waals surface area contributed by atoms with Crippen LogP contribution in [0.25, 0.3) is 0 Å². The first-order valence-corrected chi connectivity index (χ1v) is 7.63. The van der Waals surface area contributed by atoms with Crippen molar-refractivity contribution >= 4 is 11.8 Å². The number of amides is 2. The van der Waals surface area contributed by atoms with E-state index in [1.807, 2.05) is 18.7 Å². The van der Waals surface area contributed by atoms with Crippen molar-refractivity contribution in [2.45, 2.75) is 70.5 Å². The van der Waals surface area contributed by atoms with Crippen LogP contribution in [0.5, 0.6) is 0 Å². The van der Waals surface area contributed by atoms with Crippen LogP contribution in [-0.4, -0.2) is 34.3 Å². The van der Waals surface area contributed by atoms with Crippen molar-refractivity contribution < 1.29 is 9.59 Å². The summed E-state index contributed by atoms with van der Waals surface area (Å²) >= 11 is 0. The molecule has 3 fully saturated rings. The molecular weight excluding hydrogens is 240 g/mol. The lowest BCUT2D eigenvalue weighted by Gasteiger charge is -2.44. The van der Waals surface area contributed by atoms with Gasteiger partial charge in [-0.05, 0) is 51.4 Å². The maximum atomic E-state index is 12.8. The summed E-state index contributed by atoms with van der Waals surface area (Å²) in [5, 5.41) is 2.98. The average molecular weight is 264 g/mol. The van der Waals surface area contributed by atoms with Gasteiger partial charge in [0.05, 0.1) is 0 Å². The van der Waals surface area contributed by atoms with E-state index in [-0.39, 0.29) is 17.9 Å². The first-order valence-electron chi connectivity index (χ1n) is 7.63. The number of piperazine rings is 1. The lowest BCUT2D eigenvalue weighted by atomic mass is 9.89. The van der Waals surface area contributed by atoms with E-state index in [0.29, 0.717) is 17.9 Å². The van der Waals surface area contributed by atoms with Crippen LogP contribution in [0.2, 0.25) is 0 Å². The molecule has 19 heavy (non-hydrogen) atoms. The van der Waals surface area contributed by atoms with Crippen LogP contribution in [0, 0.1) is 11.8 Å². The molecular formula is C15H24N2O2. The van der Waals surface area contributed by atoms with Crippen LogP contribution >= 0.6 is 0 Å². The number of carbonyl (C=O) groups excluding carboxylic acids is 2. The summed E-state index contributed by atoms with van der Waals surface area (Å²) in [5.41, 5.74) is -0.636. The van der Waals surface area contributed by atoms with Crippen LogP contribution in [-0.2, 0) is 9.59 Å². The van der Waals surface area contributed by atoms with Gasteiger partial charge in [-0.3, -0.25) is 9.59 Å². The smallest absolute Gasteiger partial charge is 0.249 e. The molecule has 4 unspecified atom stereocenters. The lowest BCUT2D eigenvalue weighted by Crippen LogP contribution is -2.70. The van der Waals surface area contributed by atoms with E-state index in [9.17, 15) is 9.59 Å². The van der Waals surface area contributed by atoms with Gasteiger partial charge in [0.1, 0.15) is 11.6 Å². The zero-order valence-corrected chi connectivity index (χ0v) is 12.1. The third-order valence-electron chi connectivity index (χ3n) is 5.15. The molecule has 1 saturated heterocycles. The summed E-state index contributed by atoms with van der Waals surface area (Å²) in [6, 6.07) is 0.0118. The minimum atomic E-state index is -0.636. The van der Waals surface area contributed by atoms with Crippen LogP contribution < -0.4 is 5.32 Å². The van der Waals surface area contributed by atoms with Crippen molar-refractivity contribution in [2.24, 2.45) is 11.8 Å². The Morgan fingerprint density at radius 3 is 2.63 bits per heavy atom. The van der Waals surface area contributed by atoms with Crippen LogP contribution in [0.15, 0.2) is 0 Å². The van der Waals surface area contributed by atoms with E-state index < -0.39 is 5.54 Å². The van der Waals surface area contributed by atoms with Crippen molar-refractivity contribution in [3.05, 3.63) is 0 Å². The molecule has 2 saturated carbocycles. The minimum Gasteiger partial charge on any atom is -0.340 e. The normalized spacial score (nSPS) is 42.3. The highest BCUT2D eigenvalue weighted by Gasteiger charge is 2.58. The van der Waals surface area contributed by atoms with Gasteiger partial charge >= 0.3 is 0 Å².